The van der Waals surface area contributed by atoms with Gasteiger partial charge in [-0.15, -0.1) is 0 Å². The van der Waals surface area contributed by atoms with E-state index in [1.165, 1.54) is 59.6 Å². The molecule has 4 heteroatoms. The number of nitrogens with one attached hydrogen (secondary N) is 1. The van der Waals surface area contributed by atoms with E-state index in [-0.39, 0.29) is 0 Å². The average Bonchev–Trinajstić information content (AvgIpc) is 2.85. The number of fused-ring (bicyclic) bond motifs is 1. The molecule has 1 aliphatic carbocycles. The SMILES string of the molecule is Brc1cccc2c1CCC2NCCN1CCSCC1. The molecule has 1 heterocycles. The van der Waals surface area contributed by atoms with Crippen molar-refractivity contribution in [3.63, 3.8) is 0 Å². The maximum Gasteiger partial charge on any atom is 0.0327 e. The van der Waals surface area contributed by atoms with Crippen LogP contribution in [0.1, 0.15) is 23.6 Å². The van der Waals surface area contributed by atoms with Crippen molar-refractivity contribution in [3.8, 4) is 0 Å². The fourth-order valence-electron chi connectivity index (χ4n) is 3.04. The van der Waals surface area contributed by atoms with Crippen molar-refractivity contribution in [2.75, 3.05) is 37.7 Å². The number of thioether (sulfide) groups is 1. The summed E-state index contributed by atoms with van der Waals surface area (Å²) in [6, 6.07) is 7.16. The highest BCUT2D eigenvalue weighted by Crippen LogP contribution is 2.35. The lowest BCUT2D eigenvalue weighted by molar-refractivity contribution is 0.295. The van der Waals surface area contributed by atoms with Crippen LogP contribution in [-0.4, -0.2) is 42.6 Å². The quantitative estimate of drug-likeness (QED) is 0.906. The van der Waals surface area contributed by atoms with Gasteiger partial charge in [0.1, 0.15) is 0 Å². The zero-order valence-corrected chi connectivity index (χ0v) is 13.6. The van der Waals surface area contributed by atoms with E-state index in [1.807, 2.05) is 0 Å². The summed E-state index contributed by atoms with van der Waals surface area (Å²) in [5.41, 5.74) is 3.01. The highest BCUT2D eigenvalue weighted by molar-refractivity contribution is 9.10. The van der Waals surface area contributed by atoms with E-state index in [0.29, 0.717) is 6.04 Å². The van der Waals surface area contributed by atoms with Gasteiger partial charge in [-0.3, -0.25) is 0 Å². The van der Waals surface area contributed by atoms with E-state index in [1.54, 1.807) is 0 Å². The van der Waals surface area contributed by atoms with Gasteiger partial charge in [0.2, 0.25) is 0 Å². The van der Waals surface area contributed by atoms with E-state index in [0.717, 1.165) is 6.54 Å². The molecule has 0 saturated carbocycles. The fraction of sp³-hybridized carbons (Fsp3) is 0.600. The second-order valence-corrected chi connectivity index (χ2v) is 7.39. The second-order valence-electron chi connectivity index (χ2n) is 5.31. The first kappa shape index (κ1) is 13.9. The van der Waals surface area contributed by atoms with Crippen molar-refractivity contribution >= 4 is 27.7 Å². The molecule has 0 radical (unpaired) electrons. The molecule has 0 amide bonds. The minimum Gasteiger partial charge on any atom is -0.309 e. The summed E-state index contributed by atoms with van der Waals surface area (Å²) in [5.74, 6) is 2.61. The molecule has 2 aliphatic rings. The Hall–Kier alpha value is -0.0300. The third kappa shape index (κ3) is 3.35. The third-order valence-electron chi connectivity index (χ3n) is 4.14. The molecule has 19 heavy (non-hydrogen) atoms. The summed E-state index contributed by atoms with van der Waals surface area (Å²) in [6.45, 7) is 4.83. The molecule has 0 bridgehead atoms. The summed E-state index contributed by atoms with van der Waals surface area (Å²) in [5, 5.41) is 3.74. The van der Waals surface area contributed by atoms with E-state index in [4.69, 9.17) is 0 Å². The lowest BCUT2D eigenvalue weighted by atomic mass is 10.1. The Morgan fingerprint density at radius 3 is 3.00 bits per heavy atom. The molecule has 1 atom stereocenters. The fourth-order valence-corrected chi connectivity index (χ4v) is 4.60. The summed E-state index contributed by atoms with van der Waals surface area (Å²) >= 11 is 5.75. The molecule has 1 saturated heterocycles. The first-order chi connectivity index (χ1) is 9.34. The first-order valence-corrected chi connectivity index (χ1v) is 9.10. The van der Waals surface area contributed by atoms with Crippen molar-refractivity contribution < 1.29 is 0 Å². The smallest absolute Gasteiger partial charge is 0.0327 e. The number of benzene rings is 1. The molecule has 104 valence electrons. The zero-order valence-electron chi connectivity index (χ0n) is 11.2. The van der Waals surface area contributed by atoms with Gasteiger partial charge in [0.05, 0.1) is 0 Å². The maximum atomic E-state index is 3.74. The highest BCUT2D eigenvalue weighted by Gasteiger charge is 2.23. The third-order valence-corrected chi connectivity index (χ3v) is 5.82. The van der Waals surface area contributed by atoms with Gasteiger partial charge in [0.25, 0.3) is 0 Å². The van der Waals surface area contributed by atoms with Crippen LogP contribution in [0.25, 0.3) is 0 Å². The Labute approximate surface area is 128 Å². The molecule has 2 nitrogen and oxygen atoms in total. The van der Waals surface area contributed by atoms with Gasteiger partial charge in [0.15, 0.2) is 0 Å². The Morgan fingerprint density at radius 2 is 2.16 bits per heavy atom. The largest absolute Gasteiger partial charge is 0.309 e. The molecule has 1 aliphatic heterocycles. The van der Waals surface area contributed by atoms with Crippen LogP contribution in [0.2, 0.25) is 0 Å². The predicted octanol–water partition coefficient (Wildman–Crippen LogP) is 3.07. The number of hydrogen-bond donors (Lipinski definition) is 1. The lowest BCUT2D eigenvalue weighted by Gasteiger charge is -2.27. The molecular weight excluding hydrogens is 320 g/mol. The van der Waals surface area contributed by atoms with E-state index in [9.17, 15) is 0 Å². The van der Waals surface area contributed by atoms with Crippen LogP contribution < -0.4 is 5.32 Å². The van der Waals surface area contributed by atoms with Gasteiger partial charge in [-0.1, -0.05) is 28.1 Å². The molecule has 1 unspecified atom stereocenters. The Bertz CT molecular complexity index is 432. The summed E-state index contributed by atoms with van der Waals surface area (Å²) in [7, 11) is 0. The van der Waals surface area contributed by atoms with E-state index in [2.05, 4.69) is 56.1 Å². The topological polar surface area (TPSA) is 15.3 Å². The van der Waals surface area contributed by atoms with Gasteiger partial charge in [-0.2, -0.15) is 11.8 Å². The van der Waals surface area contributed by atoms with Crippen LogP contribution in [0, 0.1) is 0 Å². The van der Waals surface area contributed by atoms with Crippen LogP contribution >= 0.6 is 27.7 Å². The zero-order chi connectivity index (χ0) is 13.1. The Balaban J connectivity index is 1.51. The standard InChI is InChI=1S/C15H21BrN2S/c16-14-3-1-2-13-12(14)4-5-15(13)17-6-7-18-8-10-19-11-9-18/h1-3,15,17H,4-11H2. The molecule has 1 aromatic carbocycles. The maximum absolute atomic E-state index is 3.74. The van der Waals surface area contributed by atoms with Gasteiger partial charge in [0, 0.05) is 48.2 Å². The van der Waals surface area contributed by atoms with Gasteiger partial charge in [-0.05, 0) is 30.0 Å². The molecule has 0 aromatic heterocycles. The van der Waals surface area contributed by atoms with Crippen LogP contribution in [0.4, 0.5) is 0 Å². The van der Waals surface area contributed by atoms with Crippen molar-refractivity contribution in [3.05, 3.63) is 33.8 Å². The van der Waals surface area contributed by atoms with Gasteiger partial charge >= 0.3 is 0 Å². The number of hydrogen-bond acceptors (Lipinski definition) is 3. The van der Waals surface area contributed by atoms with E-state index >= 15 is 0 Å². The van der Waals surface area contributed by atoms with Crippen LogP contribution in [0.15, 0.2) is 22.7 Å². The molecule has 1 fully saturated rings. The Kier molecular flexibility index (Phi) is 4.85. The average molecular weight is 341 g/mol. The highest BCUT2D eigenvalue weighted by atomic mass is 79.9. The summed E-state index contributed by atoms with van der Waals surface area (Å²) in [4.78, 5) is 2.58. The second kappa shape index (κ2) is 6.61. The molecule has 3 rings (SSSR count). The predicted molar refractivity (Wildman–Crippen MR) is 87.0 cm³/mol. The molecule has 1 aromatic rings. The van der Waals surface area contributed by atoms with E-state index < -0.39 is 0 Å². The van der Waals surface area contributed by atoms with Crippen molar-refractivity contribution in [1.29, 1.82) is 0 Å². The number of halogens is 1. The number of rotatable bonds is 4. The Morgan fingerprint density at radius 1 is 1.32 bits per heavy atom. The van der Waals surface area contributed by atoms with Crippen LogP contribution in [0.5, 0.6) is 0 Å². The van der Waals surface area contributed by atoms with Crippen molar-refractivity contribution in [1.82, 2.24) is 10.2 Å². The van der Waals surface area contributed by atoms with Gasteiger partial charge in [-0.25, -0.2) is 0 Å². The monoisotopic (exact) mass is 340 g/mol. The minimum absolute atomic E-state index is 0.562. The normalized spacial score (nSPS) is 23.5. The van der Waals surface area contributed by atoms with Crippen molar-refractivity contribution in [2.45, 2.75) is 18.9 Å². The molecule has 1 N–H and O–H groups in total. The summed E-state index contributed by atoms with van der Waals surface area (Å²) in [6.07, 6.45) is 2.45. The van der Waals surface area contributed by atoms with Crippen LogP contribution in [-0.2, 0) is 6.42 Å². The van der Waals surface area contributed by atoms with Crippen molar-refractivity contribution in [2.24, 2.45) is 0 Å². The molecular formula is C15H21BrN2S. The first-order valence-electron chi connectivity index (χ1n) is 7.15. The van der Waals surface area contributed by atoms with Crippen LogP contribution in [0.3, 0.4) is 0 Å². The van der Waals surface area contributed by atoms with Gasteiger partial charge < -0.3 is 10.2 Å². The summed E-state index contributed by atoms with van der Waals surface area (Å²) < 4.78 is 1.28. The molecule has 0 spiro atoms. The number of nitrogens with zero attached hydrogens (tertiary/aromatic N) is 1. The minimum atomic E-state index is 0.562. The lowest BCUT2D eigenvalue weighted by Crippen LogP contribution is -2.38.